The minimum absolute atomic E-state index is 0.163. The van der Waals surface area contributed by atoms with Crippen LogP contribution in [0.2, 0.25) is 0 Å². The maximum absolute atomic E-state index is 11.5. The second-order valence-corrected chi connectivity index (χ2v) is 3.56. The van der Waals surface area contributed by atoms with Crippen LogP contribution in [0.25, 0.3) is 0 Å². The van der Waals surface area contributed by atoms with Gasteiger partial charge in [-0.3, -0.25) is 4.79 Å². The summed E-state index contributed by atoms with van der Waals surface area (Å²) in [4.78, 5) is 11.5. The second kappa shape index (κ2) is 7.62. The summed E-state index contributed by atoms with van der Waals surface area (Å²) in [5.74, 6) is 0.0111. The number of nitrogens with one attached hydrogen (secondary N) is 1. The van der Waals surface area contributed by atoms with Gasteiger partial charge in [-0.15, -0.1) is 0 Å². The van der Waals surface area contributed by atoms with E-state index in [1.165, 1.54) is 14.2 Å². The van der Waals surface area contributed by atoms with Gasteiger partial charge in [0.15, 0.2) is 6.29 Å². The van der Waals surface area contributed by atoms with Gasteiger partial charge in [0.25, 0.3) is 0 Å². The molecule has 0 bridgehead atoms. The summed E-state index contributed by atoms with van der Waals surface area (Å²) in [6.45, 7) is 4.27. The highest BCUT2D eigenvalue weighted by molar-refractivity contribution is 5.81. The fourth-order valence-electron chi connectivity index (χ4n) is 1.08. The molecule has 0 aromatic carbocycles. The number of ether oxygens (including phenoxy) is 2. The molecule has 0 aliphatic rings. The molecule has 0 fully saturated rings. The van der Waals surface area contributed by atoms with Crippen LogP contribution in [0, 0.1) is 5.92 Å². The molecule has 0 aromatic heterocycles. The molecule has 90 valence electrons. The first-order valence-electron chi connectivity index (χ1n) is 5.15. The van der Waals surface area contributed by atoms with E-state index in [-0.39, 0.29) is 11.8 Å². The van der Waals surface area contributed by atoms with Gasteiger partial charge in [0.1, 0.15) is 0 Å². The lowest BCUT2D eigenvalue weighted by Crippen LogP contribution is -2.47. The number of rotatable bonds is 7. The maximum Gasteiger partial charge on any atom is 0.237 e. The van der Waals surface area contributed by atoms with Crippen LogP contribution in [0.1, 0.15) is 20.3 Å². The molecule has 1 amide bonds. The third-order valence-electron chi connectivity index (χ3n) is 2.53. The van der Waals surface area contributed by atoms with Crippen LogP contribution in [-0.2, 0) is 14.3 Å². The predicted octanol–water partition coefficient (Wildman–Crippen LogP) is 0.0949. The van der Waals surface area contributed by atoms with Crippen molar-refractivity contribution in [2.75, 3.05) is 20.8 Å². The van der Waals surface area contributed by atoms with Crippen LogP contribution < -0.4 is 11.1 Å². The molecular weight excluding hydrogens is 196 g/mol. The van der Waals surface area contributed by atoms with Crippen LogP contribution in [0.5, 0.6) is 0 Å². The summed E-state index contributed by atoms with van der Waals surface area (Å²) in [6, 6.07) is -0.468. The van der Waals surface area contributed by atoms with Crippen molar-refractivity contribution in [2.45, 2.75) is 32.6 Å². The summed E-state index contributed by atoms with van der Waals surface area (Å²) in [7, 11) is 3.05. The first-order chi connectivity index (χ1) is 7.06. The average molecular weight is 218 g/mol. The molecule has 0 saturated carbocycles. The average Bonchev–Trinajstić information content (AvgIpc) is 2.27. The smallest absolute Gasteiger partial charge is 0.237 e. The van der Waals surface area contributed by atoms with Crippen molar-refractivity contribution < 1.29 is 14.3 Å². The molecule has 5 heteroatoms. The van der Waals surface area contributed by atoms with Crippen LogP contribution in [0.3, 0.4) is 0 Å². The normalized spacial score (nSPS) is 15.1. The molecule has 3 N–H and O–H groups in total. The van der Waals surface area contributed by atoms with Gasteiger partial charge in [0, 0.05) is 14.2 Å². The zero-order chi connectivity index (χ0) is 11.8. The zero-order valence-electron chi connectivity index (χ0n) is 9.95. The van der Waals surface area contributed by atoms with Crippen LogP contribution >= 0.6 is 0 Å². The van der Waals surface area contributed by atoms with E-state index in [4.69, 9.17) is 15.2 Å². The number of carbonyl (C=O) groups is 1. The lowest BCUT2D eigenvalue weighted by atomic mass is 9.99. The van der Waals surface area contributed by atoms with Gasteiger partial charge in [-0.2, -0.15) is 0 Å². The molecule has 0 unspecified atom stereocenters. The van der Waals surface area contributed by atoms with Gasteiger partial charge in [0.05, 0.1) is 12.6 Å². The lowest BCUT2D eigenvalue weighted by Gasteiger charge is -2.19. The summed E-state index contributed by atoms with van der Waals surface area (Å²) >= 11 is 0. The third-order valence-corrected chi connectivity index (χ3v) is 2.53. The number of hydrogen-bond donors (Lipinski definition) is 2. The minimum atomic E-state index is -0.468. The lowest BCUT2D eigenvalue weighted by molar-refractivity contribution is -0.129. The largest absolute Gasteiger partial charge is 0.354 e. The molecule has 0 aromatic rings. The van der Waals surface area contributed by atoms with E-state index in [0.29, 0.717) is 6.54 Å². The van der Waals surface area contributed by atoms with E-state index in [9.17, 15) is 4.79 Å². The molecule has 5 nitrogen and oxygen atoms in total. The van der Waals surface area contributed by atoms with E-state index in [2.05, 4.69) is 5.32 Å². The Hall–Kier alpha value is -0.650. The highest BCUT2D eigenvalue weighted by Gasteiger charge is 2.19. The van der Waals surface area contributed by atoms with Crippen molar-refractivity contribution in [2.24, 2.45) is 11.7 Å². The summed E-state index contributed by atoms with van der Waals surface area (Å²) in [6.07, 6.45) is 0.463. The summed E-state index contributed by atoms with van der Waals surface area (Å²) < 4.78 is 9.88. The molecule has 2 atom stereocenters. The standard InChI is InChI=1S/C10H22N2O3/c1-5-7(2)9(11)10(13)12-6-8(14-3)15-4/h7-9H,5-6,11H2,1-4H3,(H,12,13)/t7-,9-/m0/s1. The number of methoxy groups -OCH3 is 2. The van der Waals surface area contributed by atoms with E-state index in [0.717, 1.165) is 6.42 Å². The Bertz CT molecular complexity index is 184. The molecule has 0 aliphatic heterocycles. The first-order valence-corrected chi connectivity index (χ1v) is 5.15. The Balaban J connectivity index is 3.92. The topological polar surface area (TPSA) is 73.6 Å². The van der Waals surface area contributed by atoms with E-state index < -0.39 is 12.3 Å². The molecule has 0 radical (unpaired) electrons. The van der Waals surface area contributed by atoms with Gasteiger partial charge < -0.3 is 20.5 Å². The van der Waals surface area contributed by atoms with Crippen LogP contribution in [0.15, 0.2) is 0 Å². The van der Waals surface area contributed by atoms with Crippen molar-refractivity contribution in [3.8, 4) is 0 Å². The van der Waals surface area contributed by atoms with Crippen molar-refractivity contribution in [1.82, 2.24) is 5.32 Å². The molecular formula is C10H22N2O3. The Kier molecular flexibility index (Phi) is 7.29. The fourth-order valence-corrected chi connectivity index (χ4v) is 1.08. The SMILES string of the molecule is CC[C@H](C)[C@H](N)C(=O)NCC(OC)OC. The Morgan fingerprint density at radius 1 is 1.40 bits per heavy atom. The van der Waals surface area contributed by atoms with Crippen LogP contribution in [0.4, 0.5) is 0 Å². The first kappa shape index (κ1) is 14.3. The summed E-state index contributed by atoms with van der Waals surface area (Å²) in [5, 5.41) is 2.69. The minimum Gasteiger partial charge on any atom is -0.354 e. The maximum atomic E-state index is 11.5. The van der Waals surface area contributed by atoms with Gasteiger partial charge in [-0.1, -0.05) is 20.3 Å². The highest BCUT2D eigenvalue weighted by atomic mass is 16.7. The molecule has 0 aliphatic carbocycles. The Labute approximate surface area is 91.3 Å². The number of carbonyl (C=O) groups excluding carboxylic acids is 1. The zero-order valence-corrected chi connectivity index (χ0v) is 9.95. The second-order valence-electron chi connectivity index (χ2n) is 3.56. The summed E-state index contributed by atoms with van der Waals surface area (Å²) in [5.41, 5.74) is 5.75. The van der Waals surface area contributed by atoms with Crippen molar-refractivity contribution >= 4 is 5.91 Å². The number of amides is 1. The Morgan fingerprint density at radius 2 is 1.93 bits per heavy atom. The monoisotopic (exact) mass is 218 g/mol. The van der Waals surface area contributed by atoms with Gasteiger partial charge in [0.2, 0.25) is 5.91 Å². The van der Waals surface area contributed by atoms with Gasteiger partial charge in [-0.05, 0) is 5.92 Å². The van der Waals surface area contributed by atoms with E-state index in [1.807, 2.05) is 13.8 Å². The number of nitrogens with two attached hydrogens (primary N) is 1. The molecule has 0 saturated heterocycles. The van der Waals surface area contributed by atoms with Crippen molar-refractivity contribution in [3.05, 3.63) is 0 Å². The van der Waals surface area contributed by atoms with E-state index >= 15 is 0 Å². The molecule has 0 heterocycles. The predicted molar refractivity (Wildman–Crippen MR) is 58.2 cm³/mol. The highest BCUT2D eigenvalue weighted by Crippen LogP contribution is 2.04. The van der Waals surface area contributed by atoms with Gasteiger partial charge >= 0.3 is 0 Å². The molecule has 0 rings (SSSR count). The quantitative estimate of drug-likeness (QED) is 0.594. The third kappa shape index (κ3) is 5.11. The van der Waals surface area contributed by atoms with E-state index in [1.54, 1.807) is 0 Å². The fraction of sp³-hybridized carbons (Fsp3) is 0.900. The molecule has 15 heavy (non-hydrogen) atoms. The van der Waals surface area contributed by atoms with Crippen molar-refractivity contribution in [1.29, 1.82) is 0 Å². The number of hydrogen-bond acceptors (Lipinski definition) is 4. The van der Waals surface area contributed by atoms with Gasteiger partial charge in [-0.25, -0.2) is 0 Å². The van der Waals surface area contributed by atoms with Crippen molar-refractivity contribution in [3.63, 3.8) is 0 Å². The van der Waals surface area contributed by atoms with Crippen LogP contribution in [-0.4, -0.2) is 39.0 Å². The molecule has 0 spiro atoms. The Morgan fingerprint density at radius 3 is 2.33 bits per heavy atom.